The monoisotopic (exact) mass is 257 g/mol. The van der Waals surface area contributed by atoms with Gasteiger partial charge in [0.25, 0.3) is 0 Å². The second-order valence-corrected chi connectivity index (χ2v) is 4.53. The zero-order valence-corrected chi connectivity index (χ0v) is 11.2. The Labute approximate surface area is 114 Å². The van der Waals surface area contributed by atoms with E-state index >= 15 is 0 Å². The smallest absolute Gasteiger partial charge is 0.119 e. The molecule has 0 aliphatic carbocycles. The lowest BCUT2D eigenvalue weighted by Crippen LogP contribution is -2.13. The van der Waals surface area contributed by atoms with E-state index in [-0.39, 0.29) is 0 Å². The molecular weight excluding hydrogens is 238 g/mol. The normalized spacial score (nSPS) is 16.6. The molecule has 19 heavy (non-hydrogen) atoms. The van der Waals surface area contributed by atoms with Crippen LogP contribution in [0, 0.1) is 0 Å². The topological polar surface area (TPSA) is 32.7 Å². The molecule has 0 spiro atoms. The van der Waals surface area contributed by atoms with Gasteiger partial charge in [-0.1, -0.05) is 36.9 Å². The Morgan fingerprint density at radius 3 is 2.95 bits per heavy atom. The lowest BCUT2D eigenvalue weighted by Gasteiger charge is -2.08. The first-order valence-corrected chi connectivity index (χ1v) is 6.36. The van der Waals surface area contributed by atoms with Crippen molar-refractivity contribution in [3.05, 3.63) is 66.0 Å². The molecular formula is C16H19NO2. The third kappa shape index (κ3) is 3.56. The zero-order chi connectivity index (χ0) is 13.7. The molecule has 1 aliphatic heterocycles. The number of allylic oxidation sites excluding steroid dienone is 3. The van der Waals surface area contributed by atoms with E-state index < -0.39 is 0 Å². The number of rotatable bonds is 4. The molecule has 1 heterocycles. The van der Waals surface area contributed by atoms with Crippen molar-refractivity contribution in [2.45, 2.75) is 13.0 Å². The van der Waals surface area contributed by atoms with Crippen LogP contribution in [0.2, 0.25) is 0 Å². The Morgan fingerprint density at radius 1 is 1.42 bits per heavy atom. The number of fused-ring (bicyclic) bond motifs is 1. The Bertz CT molecular complexity index is 515. The molecule has 0 bridgehead atoms. The van der Waals surface area contributed by atoms with Gasteiger partial charge in [0.1, 0.15) is 12.4 Å². The Morgan fingerprint density at radius 2 is 2.21 bits per heavy atom. The highest BCUT2D eigenvalue weighted by molar-refractivity contribution is 5.77. The molecule has 0 saturated carbocycles. The quantitative estimate of drug-likeness (QED) is 0.839. The van der Waals surface area contributed by atoms with Crippen molar-refractivity contribution in [1.29, 1.82) is 0 Å². The standard InChI is InChI=1S/C16H19NO2/c1-3-15-11-13(8-6-10-17(2)18)16-9-5-4-7-14(16)12-19-15/h3-5,7-9,11,18H,1,6,10,12H2,2H3/b13-8+. The van der Waals surface area contributed by atoms with Crippen molar-refractivity contribution in [3.63, 3.8) is 0 Å². The van der Waals surface area contributed by atoms with Crippen molar-refractivity contribution in [2.75, 3.05) is 13.6 Å². The van der Waals surface area contributed by atoms with Gasteiger partial charge in [0.2, 0.25) is 0 Å². The minimum absolute atomic E-state index is 0.561. The van der Waals surface area contributed by atoms with Crippen LogP contribution in [-0.4, -0.2) is 23.9 Å². The first kappa shape index (κ1) is 13.6. The van der Waals surface area contributed by atoms with Crippen LogP contribution >= 0.6 is 0 Å². The molecule has 0 fully saturated rings. The predicted octanol–water partition coefficient (Wildman–Crippen LogP) is 3.38. The summed E-state index contributed by atoms with van der Waals surface area (Å²) in [5.74, 6) is 0.778. The summed E-state index contributed by atoms with van der Waals surface area (Å²) >= 11 is 0. The number of nitrogens with zero attached hydrogens (tertiary/aromatic N) is 1. The van der Waals surface area contributed by atoms with Gasteiger partial charge in [-0.3, -0.25) is 0 Å². The van der Waals surface area contributed by atoms with E-state index in [1.54, 1.807) is 13.1 Å². The van der Waals surface area contributed by atoms with E-state index in [1.165, 1.54) is 16.2 Å². The van der Waals surface area contributed by atoms with Crippen LogP contribution in [0.3, 0.4) is 0 Å². The second kappa shape index (κ2) is 6.36. The van der Waals surface area contributed by atoms with E-state index in [4.69, 9.17) is 4.74 Å². The molecule has 100 valence electrons. The summed E-state index contributed by atoms with van der Waals surface area (Å²) in [4.78, 5) is 0. The molecule has 1 N–H and O–H groups in total. The highest BCUT2D eigenvalue weighted by atomic mass is 16.5. The maximum absolute atomic E-state index is 9.18. The maximum atomic E-state index is 9.18. The SMILES string of the molecule is C=CC1=C/C(=C\CCN(C)O)c2ccccc2CO1. The van der Waals surface area contributed by atoms with Gasteiger partial charge in [0.05, 0.1) is 0 Å². The average Bonchev–Trinajstić information content (AvgIpc) is 2.58. The van der Waals surface area contributed by atoms with Crippen LogP contribution in [0.25, 0.3) is 5.57 Å². The van der Waals surface area contributed by atoms with Crippen LogP contribution in [-0.2, 0) is 11.3 Å². The molecule has 0 radical (unpaired) electrons. The Hall–Kier alpha value is -1.84. The maximum Gasteiger partial charge on any atom is 0.119 e. The van der Waals surface area contributed by atoms with Gasteiger partial charge in [0, 0.05) is 13.6 Å². The average molecular weight is 257 g/mol. The van der Waals surface area contributed by atoms with Crippen LogP contribution in [0.15, 0.2) is 54.8 Å². The Kier molecular flexibility index (Phi) is 4.55. The lowest BCUT2D eigenvalue weighted by molar-refractivity contribution is -0.0628. The van der Waals surface area contributed by atoms with E-state index in [1.807, 2.05) is 18.2 Å². The zero-order valence-electron chi connectivity index (χ0n) is 11.2. The van der Waals surface area contributed by atoms with Gasteiger partial charge in [-0.25, -0.2) is 0 Å². The summed E-state index contributed by atoms with van der Waals surface area (Å²) in [6, 6.07) is 8.20. The molecule has 0 aromatic heterocycles. The third-order valence-electron chi connectivity index (χ3n) is 3.04. The lowest BCUT2D eigenvalue weighted by atomic mass is 9.99. The largest absolute Gasteiger partial charge is 0.489 e. The molecule has 2 rings (SSSR count). The van der Waals surface area contributed by atoms with E-state index in [9.17, 15) is 5.21 Å². The van der Waals surface area contributed by atoms with Crippen molar-refractivity contribution in [1.82, 2.24) is 5.06 Å². The van der Waals surface area contributed by atoms with E-state index in [0.29, 0.717) is 13.2 Å². The fraction of sp³-hybridized carbons (Fsp3) is 0.250. The highest BCUT2D eigenvalue weighted by Gasteiger charge is 2.11. The van der Waals surface area contributed by atoms with Crippen molar-refractivity contribution in [2.24, 2.45) is 0 Å². The van der Waals surface area contributed by atoms with E-state index in [2.05, 4.69) is 24.8 Å². The van der Waals surface area contributed by atoms with Gasteiger partial charge >= 0.3 is 0 Å². The molecule has 3 heteroatoms. The van der Waals surface area contributed by atoms with Crippen LogP contribution in [0.4, 0.5) is 0 Å². The molecule has 1 aromatic carbocycles. The summed E-state index contributed by atoms with van der Waals surface area (Å²) in [5, 5.41) is 10.4. The van der Waals surface area contributed by atoms with Gasteiger partial charge in [-0.2, -0.15) is 5.06 Å². The summed E-state index contributed by atoms with van der Waals surface area (Å²) in [7, 11) is 1.65. The van der Waals surface area contributed by atoms with Gasteiger partial charge < -0.3 is 9.94 Å². The molecule has 1 aliphatic rings. The summed E-state index contributed by atoms with van der Waals surface area (Å²) in [5.41, 5.74) is 3.46. The molecule has 0 amide bonds. The fourth-order valence-corrected chi connectivity index (χ4v) is 2.06. The number of hydrogen-bond acceptors (Lipinski definition) is 3. The summed E-state index contributed by atoms with van der Waals surface area (Å²) in [6.45, 7) is 4.92. The van der Waals surface area contributed by atoms with Crippen molar-refractivity contribution in [3.8, 4) is 0 Å². The van der Waals surface area contributed by atoms with Gasteiger partial charge in [-0.05, 0) is 35.3 Å². The molecule has 0 saturated heterocycles. The van der Waals surface area contributed by atoms with Gasteiger partial charge in [-0.15, -0.1) is 0 Å². The summed E-state index contributed by atoms with van der Waals surface area (Å²) < 4.78 is 5.68. The van der Waals surface area contributed by atoms with E-state index in [0.717, 1.165) is 17.8 Å². The van der Waals surface area contributed by atoms with Crippen molar-refractivity contribution < 1.29 is 9.94 Å². The van der Waals surface area contributed by atoms with Crippen LogP contribution in [0.1, 0.15) is 17.5 Å². The number of hydrogen-bond donors (Lipinski definition) is 1. The van der Waals surface area contributed by atoms with Gasteiger partial charge in [0.15, 0.2) is 0 Å². The van der Waals surface area contributed by atoms with Crippen molar-refractivity contribution >= 4 is 5.57 Å². The molecule has 3 nitrogen and oxygen atoms in total. The minimum atomic E-state index is 0.561. The predicted molar refractivity (Wildman–Crippen MR) is 76.5 cm³/mol. The Balaban J connectivity index is 2.32. The molecule has 1 aromatic rings. The molecule has 0 unspecified atom stereocenters. The number of benzene rings is 1. The summed E-state index contributed by atoms with van der Waals surface area (Å²) in [6.07, 6.45) is 6.61. The number of ether oxygens (including phenoxy) is 1. The number of hydroxylamine groups is 2. The first-order chi connectivity index (χ1) is 9.20. The molecule has 0 atom stereocenters. The van der Waals surface area contributed by atoms with Crippen LogP contribution < -0.4 is 0 Å². The first-order valence-electron chi connectivity index (χ1n) is 6.36. The fourth-order valence-electron chi connectivity index (χ4n) is 2.06. The highest BCUT2D eigenvalue weighted by Crippen LogP contribution is 2.27. The van der Waals surface area contributed by atoms with Crippen LogP contribution in [0.5, 0.6) is 0 Å². The second-order valence-electron chi connectivity index (χ2n) is 4.53. The minimum Gasteiger partial charge on any atom is -0.489 e. The third-order valence-corrected chi connectivity index (χ3v) is 3.04.